The van der Waals surface area contributed by atoms with Crippen LogP contribution in [0.15, 0.2) is 17.5 Å². The summed E-state index contributed by atoms with van der Waals surface area (Å²) in [7, 11) is 0. The van der Waals surface area contributed by atoms with Crippen molar-refractivity contribution in [1.29, 1.82) is 0 Å². The molecule has 0 bridgehead atoms. The summed E-state index contributed by atoms with van der Waals surface area (Å²) in [6.45, 7) is 0.0457. The fourth-order valence-electron chi connectivity index (χ4n) is 1.18. The van der Waals surface area contributed by atoms with E-state index in [0.717, 1.165) is 12.8 Å². The summed E-state index contributed by atoms with van der Waals surface area (Å²) >= 11 is 1.42. The smallest absolute Gasteiger partial charge is 0.261 e. The Bertz CT molecular complexity index is 303. The lowest BCUT2D eigenvalue weighted by atomic mass is 10.3. The van der Waals surface area contributed by atoms with Gasteiger partial charge in [-0.2, -0.15) is 0 Å². The predicted octanol–water partition coefficient (Wildman–Crippen LogP) is 1.00. The Labute approximate surface area is 80.4 Å². The molecule has 2 N–H and O–H groups in total. The van der Waals surface area contributed by atoms with Crippen molar-refractivity contribution in [2.24, 2.45) is 0 Å². The maximum atomic E-state index is 11.5. The summed E-state index contributed by atoms with van der Waals surface area (Å²) in [5.41, 5.74) is -0.304. The van der Waals surface area contributed by atoms with Crippen molar-refractivity contribution in [3.05, 3.63) is 22.4 Å². The molecule has 0 unspecified atom stereocenters. The average Bonchev–Trinajstić information content (AvgIpc) is 2.69. The molecule has 1 aliphatic carbocycles. The van der Waals surface area contributed by atoms with Gasteiger partial charge in [0.2, 0.25) is 0 Å². The lowest BCUT2D eigenvalue weighted by molar-refractivity contribution is 0.0911. The molecular weight excluding hydrogens is 186 g/mol. The molecular formula is C9H11NO2S. The van der Waals surface area contributed by atoms with Crippen molar-refractivity contribution in [3.8, 4) is 0 Å². The maximum Gasteiger partial charge on any atom is 0.261 e. The Morgan fingerprint density at radius 1 is 1.69 bits per heavy atom. The molecule has 0 aliphatic heterocycles. The second kappa shape index (κ2) is 3.12. The molecule has 0 radical (unpaired) electrons. The van der Waals surface area contributed by atoms with E-state index in [1.165, 1.54) is 11.3 Å². The van der Waals surface area contributed by atoms with E-state index in [2.05, 4.69) is 5.32 Å². The van der Waals surface area contributed by atoms with E-state index in [1.54, 1.807) is 6.07 Å². The highest BCUT2D eigenvalue weighted by Crippen LogP contribution is 2.34. The first-order valence-corrected chi connectivity index (χ1v) is 5.11. The predicted molar refractivity (Wildman–Crippen MR) is 50.8 cm³/mol. The summed E-state index contributed by atoms with van der Waals surface area (Å²) in [4.78, 5) is 12.2. The number of aliphatic hydroxyl groups excluding tert-OH is 1. The van der Waals surface area contributed by atoms with Gasteiger partial charge in [-0.15, -0.1) is 11.3 Å². The minimum Gasteiger partial charge on any atom is -0.394 e. The highest BCUT2D eigenvalue weighted by molar-refractivity contribution is 7.12. The Balaban J connectivity index is 2.00. The molecule has 3 nitrogen and oxygen atoms in total. The molecule has 4 heteroatoms. The molecule has 1 aliphatic rings. The van der Waals surface area contributed by atoms with Crippen molar-refractivity contribution in [3.63, 3.8) is 0 Å². The van der Waals surface area contributed by atoms with Crippen LogP contribution in [0.25, 0.3) is 0 Å². The van der Waals surface area contributed by atoms with Crippen molar-refractivity contribution in [2.45, 2.75) is 18.4 Å². The zero-order valence-corrected chi connectivity index (χ0v) is 7.93. The Morgan fingerprint density at radius 3 is 2.92 bits per heavy atom. The highest BCUT2D eigenvalue weighted by atomic mass is 32.1. The van der Waals surface area contributed by atoms with Crippen LogP contribution in [0.4, 0.5) is 0 Å². The summed E-state index contributed by atoms with van der Waals surface area (Å²) < 4.78 is 0. The van der Waals surface area contributed by atoms with E-state index in [1.807, 2.05) is 11.4 Å². The molecule has 2 rings (SSSR count). The standard InChI is InChI=1S/C9H11NO2S/c11-6-9(3-4-9)10-8(12)7-2-1-5-13-7/h1-2,5,11H,3-4,6H2,(H,10,12). The molecule has 70 valence electrons. The number of carbonyl (C=O) groups is 1. The van der Waals surface area contributed by atoms with Gasteiger partial charge in [0.15, 0.2) is 0 Å². The molecule has 1 aromatic rings. The Morgan fingerprint density at radius 2 is 2.46 bits per heavy atom. The number of nitrogens with one attached hydrogen (secondary N) is 1. The van der Waals surface area contributed by atoms with E-state index in [9.17, 15) is 4.79 Å². The van der Waals surface area contributed by atoms with Gasteiger partial charge in [-0.3, -0.25) is 4.79 Å². The summed E-state index contributed by atoms with van der Waals surface area (Å²) in [6, 6.07) is 3.63. The van der Waals surface area contributed by atoms with Gasteiger partial charge in [-0.1, -0.05) is 6.07 Å². The average molecular weight is 197 g/mol. The van der Waals surface area contributed by atoms with Gasteiger partial charge in [-0.05, 0) is 24.3 Å². The van der Waals surface area contributed by atoms with Crippen LogP contribution < -0.4 is 5.32 Å². The second-order valence-electron chi connectivity index (χ2n) is 3.37. The quantitative estimate of drug-likeness (QED) is 0.759. The third-order valence-electron chi connectivity index (χ3n) is 2.28. The number of amides is 1. The van der Waals surface area contributed by atoms with Crippen LogP contribution in [-0.2, 0) is 0 Å². The van der Waals surface area contributed by atoms with E-state index < -0.39 is 0 Å². The molecule has 0 saturated heterocycles. The van der Waals surface area contributed by atoms with Gasteiger partial charge < -0.3 is 10.4 Å². The zero-order chi connectivity index (χ0) is 9.31. The van der Waals surface area contributed by atoms with E-state index in [0.29, 0.717) is 4.88 Å². The van der Waals surface area contributed by atoms with E-state index in [4.69, 9.17) is 5.11 Å². The lowest BCUT2D eigenvalue weighted by Gasteiger charge is -2.12. The normalized spacial score (nSPS) is 18.2. The first-order valence-electron chi connectivity index (χ1n) is 4.23. The van der Waals surface area contributed by atoms with Gasteiger partial charge >= 0.3 is 0 Å². The topological polar surface area (TPSA) is 49.3 Å². The molecule has 1 heterocycles. The SMILES string of the molecule is O=C(NC1(CO)CC1)c1cccs1. The van der Waals surface area contributed by atoms with Gasteiger partial charge in [0.05, 0.1) is 17.0 Å². The van der Waals surface area contributed by atoms with Crippen LogP contribution in [-0.4, -0.2) is 23.2 Å². The fraction of sp³-hybridized carbons (Fsp3) is 0.444. The maximum absolute atomic E-state index is 11.5. The molecule has 1 saturated carbocycles. The number of hydrogen-bond donors (Lipinski definition) is 2. The monoisotopic (exact) mass is 197 g/mol. The van der Waals surface area contributed by atoms with Crippen LogP contribution >= 0.6 is 11.3 Å². The largest absolute Gasteiger partial charge is 0.394 e. The first kappa shape index (κ1) is 8.72. The van der Waals surface area contributed by atoms with Crippen molar-refractivity contribution >= 4 is 17.2 Å². The number of hydrogen-bond acceptors (Lipinski definition) is 3. The second-order valence-corrected chi connectivity index (χ2v) is 4.32. The van der Waals surface area contributed by atoms with Gasteiger partial charge in [0.1, 0.15) is 0 Å². The van der Waals surface area contributed by atoms with E-state index >= 15 is 0 Å². The summed E-state index contributed by atoms with van der Waals surface area (Å²) in [5.74, 6) is -0.0680. The highest BCUT2D eigenvalue weighted by Gasteiger charge is 2.43. The van der Waals surface area contributed by atoms with Gasteiger partial charge in [-0.25, -0.2) is 0 Å². The van der Waals surface area contributed by atoms with Crippen molar-refractivity contribution < 1.29 is 9.90 Å². The minimum absolute atomic E-state index is 0.0457. The number of aliphatic hydroxyl groups is 1. The van der Waals surface area contributed by atoms with Crippen LogP contribution in [0.3, 0.4) is 0 Å². The fourth-order valence-corrected chi connectivity index (χ4v) is 1.80. The van der Waals surface area contributed by atoms with Crippen LogP contribution in [0.5, 0.6) is 0 Å². The summed E-state index contributed by atoms with van der Waals surface area (Å²) in [5, 5.41) is 13.7. The first-order chi connectivity index (χ1) is 6.26. The zero-order valence-electron chi connectivity index (χ0n) is 7.12. The molecule has 1 amide bonds. The molecule has 13 heavy (non-hydrogen) atoms. The molecule has 0 atom stereocenters. The Kier molecular flexibility index (Phi) is 2.09. The minimum atomic E-state index is -0.304. The van der Waals surface area contributed by atoms with Crippen molar-refractivity contribution in [2.75, 3.05) is 6.61 Å². The van der Waals surface area contributed by atoms with Crippen LogP contribution in [0.2, 0.25) is 0 Å². The van der Waals surface area contributed by atoms with E-state index in [-0.39, 0.29) is 18.1 Å². The molecule has 1 aromatic heterocycles. The van der Waals surface area contributed by atoms with Gasteiger partial charge in [0, 0.05) is 0 Å². The third kappa shape index (κ3) is 1.73. The van der Waals surface area contributed by atoms with Crippen molar-refractivity contribution in [1.82, 2.24) is 5.32 Å². The van der Waals surface area contributed by atoms with Crippen LogP contribution in [0, 0.1) is 0 Å². The Hall–Kier alpha value is -0.870. The van der Waals surface area contributed by atoms with Gasteiger partial charge in [0.25, 0.3) is 5.91 Å². The lowest BCUT2D eigenvalue weighted by Crippen LogP contribution is -2.39. The van der Waals surface area contributed by atoms with Crippen LogP contribution in [0.1, 0.15) is 22.5 Å². The molecule has 0 spiro atoms. The third-order valence-corrected chi connectivity index (χ3v) is 3.15. The number of carbonyl (C=O) groups excluding carboxylic acids is 1. The number of rotatable bonds is 3. The molecule has 0 aromatic carbocycles. The molecule has 1 fully saturated rings. The number of thiophene rings is 1. The summed E-state index contributed by atoms with van der Waals surface area (Å²) in [6.07, 6.45) is 1.78.